The molecule has 0 aliphatic rings. The van der Waals surface area contributed by atoms with E-state index in [2.05, 4.69) is 33.6 Å². The van der Waals surface area contributed by atoms with Crippen LogP contribution in [0.3, 0.4) is 0 Å². The minimum Gasteiger partial charge on any atom is -0.462 e. The Bertz CT molecular complexity index is 986. The second-order valence-corrected chi connectivity index (χ2v) is 6.32. The average molecular weight is 390 g/mol. The summed E-state index contributed by atoms with van der Waals surface area (Å²) < 4.78 is 4.93. The third-order valence-corrected chi connectivity index (χ3v) is 4.26. The van der Waals surface area contributed by atoms with E-state index in [1.54, 1.807) is 31.2 Å². The van der Waals surface area contributed by atoms with Gasteiger partial charge < -0.3 is 15.4 Å². The average Bonchev–Trinajstić information content (AvgIpc) is 2.74. The molecule has 7 nitrogen and oxygen atoms in total. The quantitative estimate of drug-likeness (QED) is 0.596. The van der Waals surface area contributed by atoms with Crippen LogP contribution in [0.4, 0.5) is 11.5 Å². The molecule has 7 heteroatoms. The number of amides is 1. The van der Waals surface area contributed by atoms with E-state index in [1.807, 2.05) is 18.2 Å². The van der Waals surface area contributed by atoms with E-state index in [4.69, 9.17) is 4.74 Å². The van der Waals surface area contributed by atoms with E-state index in [0.29, 0.717) is 30.2 Å². The SMILES string of the molecule is CCOC(=O)c1ccc(NC(=O)c2cnc(NCc3ccccc3C)cn2)cc1. The largest absolute Gasteiger partial charge is 0.462 e. The molecule has 0 fully saturated rings. The van der Waals surface area contributed by atoms with Crippen LogP contribution < -0.4 is 10.6 Å². The molecule has 1 heterocycles. The third-order valence-electron chi connectivity index (χ3n) is 4.26. The highest BCUT2D eigenvalue weighted by Gasteiger charge is 2.10. The maximum Gasteiger partial charge on any atom is 0.338 e. The second-order valence-electron chi connectivity index (χ2n) is 6.32. The van der Waals surface area contributed by atoms with E-state index in [1.165, 1.54) is 23.5 Å². The summed E-state index contributed by atoms with van der Waals surface area (Å²) in [6.07, 6.45) is 2.94. The molecule has 0 spiro atoms. The lowest BCUT2D eigenvalue weighted by molar-refractivity contribution is 0.0526. The van der Waals surface area contributed by atoms with Crippen LogP contribution in [0.15, 0.2) is 60.9 Å². The molecule has 0 unspecified atom stereocenters. The smallest absolute Gasteiger partial charge is 0.338 e. The zero-order valence-corrected chi connectivity index (χ0v) is 16.3. The minimum atomic E-state index is -0.398. The zero-order chi connectivity index (χ0) is 20.6. The Hall–Kier alpha value is -3.74. The molecule has 0 bridgehead atoms. The second kappa shape index (κ2) is 9.45. The number of rotatable bonds is 7. The number of carbonyl (C=O) groups excluding carboxylic acids is 2. The van der Waals surface area contributed by atoms with Gasteiger partial charge in [-0.3, -0.25) is 4.79 Å². The first-order valence-electron chi connectivity index (χ1n) is 9.25. The van der Waals surface area contributed by atoms with E-state index in [9.17, 15) is 9.59 Å². The highest BCUT2D eigenvalue weighted by Crippen LogP contribution is 2.13. The van der Waals surface area contributed by atoms with Crippen molar-refractivity contribution in [2.45, 2.75) is 20.4 Å². The van der Waals surface area contributed by atoms with Gasteiger partial charge in [0.1, 0.15) is 11.5 Å². The summed E-state index contributed by atoms with van der Waals surface area (Å²) in [5, 5.41) is 5.92. The molecule has 2 N–H and O–H groups in total. The summed E-state index contributed by atoms with van der Waals surface area (Å²) in [6, 6.07) is 14.5. The summed E-state index contributed by atoms with van der Waals surface area (Å²) in [5.74, 6) is -0.194. The van der Waals surface area contributed by atoms with Crippen molar-refractivity contribution < 1.29 is 14.3 Å². The standard InChI is InChI=1S/C22H22N4O3/c1-3-29-22(28)16-8-10-18(11-9-16)26-21(27)19-13-25-20(14-23-19)24-12-17-7-5-4-6-15(17)2/h4-11,13-14H,3,12H2,1-2H3,(H,24,25)(H,26,27). The minimum absolute atomic E-state index is 0.195. The first-order valence-corrected chi connectivity index (χ1v) is 9.25. The molecule has 148 valence electrons. The number of nitrogens with zero attached hydrogens (tertiary/aromatic N) is 2. The first-order chi connectivity index (χ1) is 14.1. The molecule has 0 radical (unpaired) electrons. The van der Waals surface area contributed by atoms with Crippen molar-refractivity contribution in [1.29, 1.82) is 0 Å². The molecular formula is C22H22N4O3. The van der Waals surface area contributed by atoms with Gasteiger partial charge in [-0.2, -0.15) is 0 Å². The van der Waals surface area contributed by atoms with Crippen LogP contribution in [-0.4, -0.2) is 28.5 Å². The molecule has 3 rings (SSSR count). The number of aryl methyl sites for hydroxylation is 1. The molecule has 0 atom stereocenters. The molecule has 29 heavy (non-hydrogen) atoms. The number of nitrogens with one attached hydrogen (secondary N) is 2. The van der Waals surface area contributed by atoms with Gasteiger partial charge in [-0.25, -0.2) is 14.8 Å². The van der Waals surface area contributed by atoms with Crippen molar-refractivity contribution in [1.82, 2.24) is 9.97 Å². The highest BCUT2D eigenvalue weighted by molar-refractivity contribution is 6.03. The van der Waals surface area contributed by atoms with Crippen molar-refractivity contribution in [3.05, 3.63) is 83.3 Å². The van der Waals surface area contributed by atoms with E-state index in [-0.39, 0.29) is 11.6 Å². The summed E-state index contributed by atoms with van der Waals surface area (Å²) in [5.41, 5.74) is 3.53. The fourth-order valence-corrected chi connectivity index (χ4v) is 2.63. The summed E-state index contributed by atoms with van der Waals surface area (Å²) >= 11 is 0. The maximum atomic E-state index is 12.3. The summed E-state index contributed by atoms with van der Waals surface area (Å²) in [7, 11) is 0. The van der Waals surface area contributed by atoms with Gasteiger partial charge in [0.2, 0.25) is 0 Å². The van der Waals surface area contributed by atoms with Crippen LogP contribution in [0.25, 0.3) is 0 Å². The van der Waals surface area contributed by atoms with Crippen LogP contribution in [0.1, 0.15) is 38.9 Å². The number of aromatic nitrogens is 2. The van der Waals surface area contributed by atoms with E-state index < -0.39 is 5.97 Å². The fourth-order valence-electron chi connectivity index (χ4n) is 2.63. The normalized spacial score (nSPS) is 10.3. The maximum absolute atomic E-state index is 12.3. The number of benzene rings is 2. The number of carbonyl (C=O) groups is 2. The Balaban J connectivity index is 1.57. The van der Waals surface area contributed by atoms with E-state index in [0.717, 1.165) is 0 Å². The number of esters is 1. The number of hydrogen-bond donors (Lipinski definition) is 2. The topological polar surface area (TPSA) is 93.2 Å². The van der Waals surface area contributed by atoms with Gasteiger partial charge in [-0.15, -0.1) is 0 Å². The molecule has 1 amide bonds. The number of hydrogen-bond acceptors (Lipinski definition) is 6. The Labute approximate surface area is 169 Å². The predicted octanol–water partition coefficient (Wildman–Crippen LogP) is 3.83. The first kappa shape index (κ1) is 20.0. The van der Waals surface area contributed by atoms with Crippen molar-refractivity contribution >= 4 is 23.4 Å². The monoisotopic (exact) mass is 390 g/mol. The lowest BCUT2D eigenvalue weighted by Gasteiger charge is -2.09. The van der Waals surface area contributed by atoms with Gasteiger partial charge in [0.15, 0.2) is 0 Å². The Kier molecular flexibility index (Phi) is 6.52. The van der Waals surface area contributed by atoms with Crippen molar-refractivity contribution in [3.63, 3.8) is 0 Å². The molecular weight excluding hydrogens is 368 g/mol. The predicted molar refractivity (Wildman–Crippen MR) is 111 cm³/mol. The van der Waals surface area contributed by atoms with Crippen LogP contribution in [-0.2, 0) is 11.3 Å². The van der Waals surface area contributed by atoms with Crippen LogP contribution in [0.2, 0.25) is 0 Å². The molecule has 0 aliphatic heterocycles. The number of anilines is 2. The van der Waals surface area contributed by atoms with Gasteiger partial charge in [0, 0.05) is 12.2 Å². The van der Waals surface area contributed by atoms with Crippen molar-refractivity contribution in [3.8, 4) is 0 Å². The lowest BCUT2D eigenvalue weighted by Crippen LogP contribution is -2.15. The molecule has 2 aromatic carbocycles. The molecule has 3 aromatic rings. The fraction of sp³-hybridized carbons (Fsp3) is 0.182. The molecule has 0 aliphatic carbocycles. The summed E-state index contributed by atoms with van der Waals surface area (Å²) in [6.45, 7) is 4.73. The number of ether oxygens (including phenoxy) is 1. The van der Waals surface area contributed by atoms with Crippen LogP contribution in [0.5, 0.6) is 0 Å². The Morgan fingerprint density at radius 3 is 2.41 bits per heavy atom. The van der Waals surface area contributed by atoms with Gasteiger partial charge in [0.05, 0.1) is 24.6 Å². The molecule has 0 saturated carbocycles. The van der Waals surface area contributed by atoms with Crippen molar-refractivity contribution in [2.75, 3.05) is 17.2 Å². The Morgan fingerprint density at radius 2 is 1.76 bits per heavy atom. The summed E-state index contributed by atoms with van der Waals surface area (Å²) in [4.78, 5) is 32.4. The lowest BCUT2D eigenvalue weighted by atomic mass is 10.1. The van der Waals surface area contributed by atoms with Crippen LogP contribution in [0, 0.1) is 6.92 Å². The highest BCUT2D eigenvalue weighted by atomic mass is 16.5. The van der Waals surface area contributed by atoms with Gasteiger partial charge in [-0.1, -0.05) is 24.3 Å². The zero-order valence-electron chi connectivity index (χ0n) is 16.3. The third kappa shape index (κ3) is 5.38. The van der Waals surface area contributed by atoms with Crippen molar-refractivity contribution in [2.24, 2.45) is 0 Å². The molecule has 1 aromatic heterocycles. The Morgan fingerprint density at radius 1 is 1.00 bits per heavy atom. The van der Waals surface area contributed by atoms with Crippen LogP contribution >= 0.6 is 0 Å². The van der Waals surface area contributed by atoms with Gasteiger partial charge >= 0.3 is 5.97 Å². The van der Waals surface area contributed by atoms with Gasteiger partial charge in [0.25, 0.3) is 5.91 Å². The molecule has 0 saturated heterocycles. The van der Waals surface area contributed by atoms with Gasteiger partial charge in [-0.05, 0) is 49.2 Å². The van der Waals surface area contributed by atoms with E-state index >= 15 is 0 Å².